The van der Waals surface area contributed by atoms with Gasteiger partial charge in [0.15, 0.2) is 11.5 Å². The summed E-state index contributed by atoms with van der Waals surface area (Å²) in [6, 6.07) is 12.4. The van der Waals surface area contributed by atoms with Gasteiger partial charge in [-0.1, -0.05) is 36.4 Å². The molecule has 116 valence electrons. The van der Waals surface area contributed by atoms with Crippen LogP contribution in [0, 0.1) is 13.8 Å². The highest BCUT2D eigenvalue weighted by atomic mass is 16.5. The van der Waals surface area contributed by atoms with E-state index in [1.54, 1.807) is 13.2 Å². The fourth-order valence-corrected chi connectivity index (χ4v) is 2.30. The molecule has 0 spiro atoms. The lowest BCUT2D eigenvalue weighted by molar-refractivity contribution is 0.326. The molecule has 0 saturated carbocycles. The molecule has 0 saturated heterocycles. The first kappa shape index (κ1) is 16.0. The molecule has 0 heterocycles. The Hall–Kier alpha value is -2.42. The molecule has 0 aromatic heterocycles. The van der Waals surface area contributed by atoms with Crippen molar-refractivity contribution in [1.82, 2.24) is 0 Å². The molecular weight excluding hydrogens is 274 g/mol. The summed E-state index contributed by atoms with van der Waals surface area (Å²) in [6.07, 6.45) is 1.72. The van der Waals surface area contributed by atoms with Gasteiger partial charge in [-0.3, -0.25) is 0 Å². The van der Waals surface area contributed by atoms with Crippen molar-refractivity contribution in [3.05, 3.63) is 65.7 Å². The van der Waals surface area contributed by atoms with Gasteiger partial charge in [0.05, 0.1) is 7.11 Å². The molecule has 2 rings (SSSR count). The second-order valence-corrected chi connectivity index (χ2v) is 5.26. The number of nitrogens with one attached hydrogen (secondary N) is 1. The molecule has 0 aliphatic rings. The first-order chi connectivity index (χ1) is 10.6. The van der Waals surface area contributed by atoms with Crippen molar-refractivity contribution in [3.8, 4) is 11.5 Å². The van der Waals surface area contributed by atoms with Gasteiger partial charge in [0.25, 0.3) is 0 Å². The maximum absolute atomic E-state index is 5.56. The Bertz CT molecular complexity index is 650. The molecule has 0 aliphatic carbocycles. The predicted octanol–water partition coefficient (Wildman–Crippen LogP) is 4.49. The molecule has 0 radical (unpaired) electrons. The molecule has 0 fully saturated rings. The van der Waals surface area contributed by atoms with Crippen LogP contribution in [0.4, 0.5) is 5.69 Å². The largest absolute Gasteiger partial charge is 0.493 e. The summed E-state index contributed by atoms with van der Waals surface area (Å²) in [6.45, 7) is 9.07. The van der Waals surface area contributed by atoms with Crippen molar-refractivity contribution in [1.29, 1.82) is 0 Å². The molecular formula is C19H23NO2. The van der Waals surface area contributed by atoms with E-state index in [1.165, 1.54) is 11.1 Å². The average Bonchev–Trinajstić information content (AvgIpc) is 2.52. The third kappa shape index (κ3) is 4.04. The van der Waals surface area contributed by atoms with Crippen molar-refractivity contribution in [2.75, 3.05) is 19.0 Å². The lowest BCUT2D eigenvalue weighted by atomic mass is 10.1. The number of ether oxygens (including phenoxy) is 2. The number of hydrogen-bond donors (Lipinski definition) is 1. The standard InChI is InChI=1S/C19H23NO2/c1-5-10-22-18-9-7-16(12-19(18)21-4)13-20-17-8-6-14(2)11-15(17)3/h5-9,11-12,20H,1,10,13H2,2-4H3. The van der Waals surface area contributed by atoms with Gasteiger partial charge in [-0.15, -0.1) is 0 Å². The van der Waals surface area contributed by atoms with Gasteiger partial charge in [-0.2, -0.15) is 0 Å². The Morgan fingerprint density at radius 1 is 1.09 bits per heavy atom. The van der Waals surface area contributed by atoms with E-state index in [0.29, 0.717) is 6.61 Å². The van der Waals surface area contributed by atoms with Gasteiger partial charge in [-0.05, 0) is 43.2 Å². The van der Waals surface area contributed by atoms with Crippen LogP contribution < -0.4 is 14.8 Å². The van der Waals surface area contributed by atoms with Gasteiger partial charge in [0.1, 0.15) is 6.61 Å². The molecule has 0 aliphatic heterocycles. The Labute approximate surface area is 132 Å². The molecule has 0 unspecified atom stereocenters. The third-order valence-electron chi connectivity index (χ3n) is 3.45. The average molecular weight is 297 g/mol. The Balaban J connectivity index is 2.08. The Morgan fingerprint density at radius 3 is 2.59 bits per heavy atom. The molecule has 0 amide bonds. The van der Waals surface area contributed by atoms with Crippen LogP contribution >= 0.6 is 0 Å². The van der Waals surface area contributed by atoms with E-state index in [1.807, 2.05) is 18.2 Å². The van der Waals surface area contributed by atoms with E-state index in [9.17, 15) is 0 Å². The SMILES string of the molecule is C=CCOc1ccc(CNc2ccc(C)cc2C)cc1OC. The van der Waals surface area contributed by atoms with Crippen molar-refractivity contribution in [3.63, 3.8) is 0 Å². The topological polar surface area (TPSA) is 30.5 Å². The number of methoxy groups -OCH3 is 1. The molecule has 2 aromatic rings. The third-order valence-corrected chi connectivity index (χ3v) is 3.45. The van der Waals surface area contributed by atoms with Gasteiger partial charge in [0, 0.05) is 12.2 Å². The fraction of sp³-hybridized carbons (Fsp3) is 0.263. The van der Waals surface area contributed by atoms with E-state index in [4.69, 9.17) is 9.47 Å². The van der Waals surface area contributed by atoms with Crippen LogP contribution in [0.2, 0.25) is 0 Å². The van der Waals surface area contributed by atoms with Crippen LogP contribution in [0.3, 0.4) is 0 Å². The summed E-state index contributed by atoms with van der Waals surface area (Å²) in [5.74, 6) is 1.47. The van der Waals surface area contributed by atoms with Gasteiger partial charge < -0.3 is 14.8 Å². The van der Waals surface area contributed by atoms with Gasteiger partial charge in [-0.25, -0.2) is 0 Å². The number of hydrogen-bond acceptors (Lipinski definition) is 3. The highest BCUT2D eigenvalue weighted by molar-refractivity contribution is 5.53. The minimum absolute atomic E-state index is 0.469. The highest BCUT2D eigenvalue weighted by Gasteiger charge is 2.06. The molecule has 2 aromatic carbocycles. The van der Waals surface area contributed by atoms with Gasteiger partial charge >= 0.3 is 0 Å². The molecule has 0 atom stereocenters. The maximum Gasteiger partial charge on any atom is 0.161 e. The van der Waals surface area contributed by atoms with Crippen LogP contribution in [0.1, 0.15) is 16.7 Å². The molecule has 1 N–H and O–H groups in total. The van der Waals surface area contributed by atoms with Crippen LogP contribution in [-0.2, 0) is 6.54 Å². The smallest absolute Gasteiger partial charge is 0.161 e. The lowest BCUT2D eigenvalue weighted by Gasteiger charge is -2.13. The molecule has 3 heteroatoms. The second kappa shape index (κ2) is 7.55. The zero-order chi connectivity index (χ0) is 15.9. The van der Waals surface area contributed by atoms with Crippen LogP contribution in [-0.4, -0.2) is 13.7 Å². The molecule has 22 heavy (non-hydrogen) atoms. The van der Waals surface area contributed by atoms with E-state index in [2.05, 4.69) is 43.9 Å². The second-order valence-electron chi connectivity index (χ2n) is 5.26. The van der Waals surface area contributed by atoms with Crippen LogP contribution in [0.5, 0.6) is 11.5 Å². The zero-order valence-corrected chi connectivity index (χ0v) is 13.5. The fourth-order valence-electron chi connectivity index (χ4n) is 2.30. The lowest BCUT2D eigenvalue weighted by Crippen LogP contribution is -2.02. The number of aryl methyl sites for hydroxylation is 2. The quantitative estimate of drug-likeness (QED) is 0.764. The number of anilines is 1. The van der Waals surface area contributed by atoms with Crippen molar-refractivity contribution >= 4 is 5.69 Å². The van der Waals surface area contributed by atoms with Crippen LogP contribution in [0.15, 0.2) is 49.1 Å². The first-order valence-corrected chi connectivity index (χ1v) is 7.35. The monoisotopic (exact) mass is 297 g/mol. The summed E-state index contributed by atoms with van der Waals surface area (Å²) in [4.78, 5) is 0. The van der Waals surface area contributed by atoms with E-state index in [0.717, 1.165) is 29.3 Å². The van der Waals surface area contributed by atoms with E-state index in [-0.39, 0.29) is 0 Å². The minimum Gasteiger partial charge on any atom is -0.493 e. The Kier molecular flexibility index (Phi) is 5.48. The van der Waals surface area contributed by atoms with Crippen molar-refractivity contribution < 1.29 is 9.47 Å². The normalized spacial score (nSPS) is 10.1. The van der Waals surface area contributed by atoms with Crippen molar-refractivity contribution in [2.45, 2.75) is 20.4 Å². The number of rotatable bonds is 7. The summed E-state index contributed by atoms with van der Waals surface area (Å²) >= 11 is 0. The molecule has 3 nitrogen and oxygen atoms in total. The zero-order valence-electron chi connectivity index (χ0n) is 13.5. The van der Waals surface area contributed by atoms with E-state index < -0.39 is 0 Å². The van der Waals surface area contributed by atoms with Gasteiger partial charge in [0.2, 0.25) is 0 Å². The first-order valence-electron chi connectivity index (χ1n) is 7.35. The van der Waals surface area contributed by atoms with Crippen LogP contribution in [0.25, 0.3) is 0 Å². The summed E-state index contributed by atoms with van der Waals surface area (Å²) in [5.41, 5.74) is 4.81. The summed E-state index contributed by atoms with van der Waals surface area (Å²) in [7, 11) is 1.65. The summed E-state index contributed by atoms with van der Waals surface area (Å²) in [5, 5.41) is 3.46. The Morgan fingerprint density at radius 2 is 1.91 bits per heavy atom. The highest BCUT2D eigenvalue weighted by Crippen LogP contribution is 2.28. The van der Waals surface area contributed by atoms with E-state index >= 15 is 0 Å². The number of benzene rings is 2. The maximum atomic E-state index is 5.56. The van der Waals surface area contributed by atoms with Crippen molar-refractivity contribution in [2.24, 2.45) is 0 Å². The summed E-state index contributed by atoms with van der Waals surface area (Å²) < 4.78 is 11.0. The predicted molar refractivity (Wildman–Crippen MR) is 91.9 cm³/mol. The minimum atomic E-state index is 0.469. The molecule has 0 bridgehead atoms.